The van der Waals surface area contributed by atoms with Crippen LogP contribution in [-0.2, 0) is 6.54 Å². The van der Waals surface area contributed by atoms with Gasteiger partial charge in [-0.2, -0.15) is 0 Å². The summed E-state index contributed by atoms with van der Waals surface area (Å²) in [6.07, 6.45) is 6.22. The van der Waals surface area contributed by atoms with Gasteiger partial charge in [0.2, 0.25) is 5.89 Å². The molecule has 0 radical (unpaired) electrons. The molecule has 1 saturated heterocycles. The number of aromatic nitrogens is 2. The van der Waals surface area contributed by atoms with Gasteiger partial charge >= 0.3 is 6.01 Å². The van der Waals surface area contributed by atoms with E-state index in [0.717, 1.165) is 13.1 Å². The van der Waals surface area contributed by atoms with Crippen molar-refractivity contribution in [2.24, 2.45) is 5.41 Å². The molecule has 19 heavy (non-hydrogen) atoms. The molecule has 0 bridgehead atoms. The quantitative estimate of drug-likeness (QED) is 0.904. The smallest absolute Gasteiger partial charge is 0.318 e. The molecule has 0 spiro atoms. The Bertz CT molecular complexity index is 425. The first-order valence-corrected chi connectivity index (χ1v) is 7.43. The lowest BCUT2D eigenvalue weighted by molar-refractivity contribution is 0.324. The van der Waals surface area contributed by atoms with Crippen LogP contribution in [-0.4, -0.2) is 29.3 Å². The maximum atomic E-state index is 5.77. The third kappa shape index (κ3) is 3.47. The average Bonchev–Trinajstić information content (AvgIpc) is 3.11. The first kappa shape index (κ1) is 12.9. The van der Waals surface area contributed by atoms with Crippen molar-refractivity contribution in [2.75, 3.05) is 18.0 Å². The number of rotatable bonds is 4. The Morgan fingerprint density at radius 3 is 2.89 bits per heavy atom. The molecule has 0 amide bonds. The molecule has 1 aromatic rings. The fraction of sp³-hybridized carbons (Fsp3) is 0.857. The maximum Gasteiger partial charge on any atom is 0.318 e. The molecule has 3 rings (SSSR count). The number of nitrogens with zero attached hydrogens (tertiary/aromatic N) is 3. The van der Waals surface area contributed by atoms with Gasteiger partial charge in [0.15, 0.2) is 0 Å². The van der Waals surface area contributed by atoms with Crippen LogP contribution in [0.15, 0.2) is 4.42 Å². The predicted molar refractivity (Wildman–Crippen MR) is 74.0 cm³/mol. The molecular weight excluding hydrogens is 240 g/mol. The van der Waals surface area contributed by atoms with E-state index in [1.807, 2.05) is 0 Å². The van der Waals surface area contributed by atoms with Crippen molar-refractivity contribution in [1.29, 1.82) is 0 Å². The second-order valence-electron chi connectivity index (χ2n) is 6.64. The fourth-order valence-corrected chi connectivity index (χ4v) is 2.58. The molecule has 0 unspecified atom stereocenters. The van der Waals surface area contributed by atoms with Crippen molar-refractivity contribution < 1.29 is 4.42 Å². The zero-order chi connectivity index (χ0) is 13.3. The lowest BCUT2D eigenvalue weighted by Gasteiger charge is -2.22. The highest BCUT2D eigenvalue weighted by Gasteiger charge is 2.26. The Hall–Kier alpha value is -1.10. The third-order valence-corrected chi connectivity index (χ3v) is 4.19. The van der Waals surface area contributed by atoms with Crippen LogP contribution in [0.5, 0.6) is 0 Å². The molecular formula is C14H24N4O. The number of anilines is 1. The molecule has 5 heteroatoms. The summed E-state index contributed by atoms with van der Waals surface area (Å²) in [5.41, 5.74) is 0.436. The fourth-order valence-electron chi connectivity index (χ4n) is 2.58. The van der Waals surface area contributed by atoms with Crippen LogP contribution < -0.4 is 10.2 Å². The zero-order valence-corrected chi connectivity index (χ0v) is 12.0. The molecule has 0 aromatic carbocycles. The highest BCUT2D eigenvalue weighted by Crippen LogP contribution is 2.31. The summed E-state index contributed by atoms with van der Waals surface area (Å²) < 4.78 is 5.77. The molecule has 106 valence electrons. The van der Waals surface area contributed by atoms with E-state index >= 15 is 0 Å². The van der Waals surface area contributed by atoms with Gasteiger partial charge in [0.1, 0.15) is 0 Å². The van der Waals surface area contributed by atoms with Gasteiger partial charge in [0, 0.05) is 19.1 Å². The summed E-state index contributed by atoms with van der Waals surface area (Å²) in [5, 5.41) is 11.7. The Labute approximate surface area is 114 Å². The third-order valence-electron chi connectivity index (χ3n) is 4.19. The molecule has 0 atom stereocenters. The second kappa shape index (κ2) is 5.12. The molecule has 5 nitrogen and oxygen atoms in total. The van der Waals surface area contributed by atoms with E-state index in [2.05, 4.69) is 34.3 Å². The van der Waals surface area contributed by atoms with Crippen LogP contribution in [0.1, 0.15) is 51.8 Å². The minimum Gasteiger partial charge on any atom is -0.407 e. The molecule has 2 heterocycles. The van der Waals surface area contributed by atoms with Crippen molar-refractivity contribution in [3.05, 3.63) is 5.89 Å². The van der Waals surface area contributed by atoms with Gasteiger partial charge in [0.25, 0.3) is 0 Å². The van der Waals surface area contributed by atoms with Crippen LogP contribution in [0.2, 0.25) is 0 Å². The average molecular weight is 264 g/mol. The highest BCUT2D eigenvalue weighted by atomic mass is 16.4. The molecule has 1 aliphatic heterocycles. The number of nitrogens with one attached hydrogen (secondary N) is 1. The van der Waals surface area contributed by atoms with Crippen molar-refractivity contribution in [3.63, 3.8) is 0 Å². The largest absolute Gasteiger partial charge is 0.407 e. The molecule has 2 aliphatic rings. The van der Waals surface area contributed by atoms with Gasteiger partial charge in [-0.3, -0.25) is 0 Å². The van der Waals surface area contributed by atoms with E-state index in [-0.39, 0.29) is 0 Å². The van der Waals surface area contributed by atoms with Gasteiger partial charge < -0.3 is 14.6 Å². The minimum absolute atomic E-state index is 0.436. The molecule has 1 aromatic heterocycles. The summed E-state index contributed by atoms with van der Waals surface area (Å²) in [5.74, 6) is 0.713. The predicted octanol–water partition coefficient (Wildman–Crippen LogP) is 2.34. The first-order valence-electron chi connectivity index (χ1n) is 7.43. The van der Waals surface area contributed by atoms with E-state index < -0.39 is 0 Å². The van der Waals surface area contributed by atoms with Crippen molar-refractivity contribution >= 4 is 6.01 Å². The second-order valence-corrected chi connectivity index (χ2v) is 6.64. The lowest BCUT2D eigenvalue weighted by Crippen LogP contribution is -2.25. The van der Waals surface area contributed by atoms with Crippen LogP contribution in [0.3, 0.4) is 0 Å². The Balaban J connectivity index is 1.58. The Morgan fingerprint density at radius 2 is 2.11 bits per heavy atom. The summed E-state index contributed by atoms with van der Waals surface area (Å²) in [7, 11) is 0. The van der Waals surface area contributed by atoms with Crippen molar-refractivity contribution in [3.8, 4) is 0 Å². The summed E-state index contributed by atoms with van der Waals surface area (Å²) in [6.45, 7) is 7.44. The number of hydrogen-bond donors (Lipinski definition) is 1. The van der Waals surface area contributed by atoms with Crippen LogP contribution in [0.25, 0.3) is 0 Å². The van der Waals surface area contributed by atoms with Gasteiger partial charge in [-0.1, -0.05) is 18.9 Å². The van der Waals surface area contributed by atoms with Crippen molar-refractivity contribution in [1.82, 2.24) is 15.5 Å². The first-order chi connectivity index (χ1) is 9.12. The molecule has 2 fully saturated rings. The van der Waals surface area contributed by atoms with Gasteiger partial charge in [0.05, 0.1) is 6.54 Å². The zero-order valence-electron chi connectivity index (χ0n) is 12.0. The van der Waals surface area contributed by atoms with Gasteiger partial charge in [-0.15, -0.1) is 5.10 Å². The minimum atomic E-state index is 0.436. The van der Waals surface area contributed by atoms with E-state index in [9.17, 15) is 0 Å². The van der Waals surface area contributed by atoms with Crippen LogP contribution in [0.4, 0.5) is 6.01 Å². The van der Waals surface area contributed by atoms with Crippen LogP contribution in [0, 0.1) is 5.41 Å². The van der Waals surface area contributed by atoms with E-state index in [1.165, 1.54) is 32.1 Å². The van der Waals surface area contributed by atoms with Crippen molar-refractivity contribution in [2.45, 2.75) is 58.5 Å². The summed E-state index contributed by atoms with van der Waals surface area (Å²) >= 11 is 0. The van der Waals surface area contributed by atoms with E-state index in [4.69, 9.17) is 4.42 Å². The Morgan fingerprint density at radius 1 is 1.26 bits per heavy atom. The maximum absolute atomic E-state index is 5.77. The van der Waals surface area contributed by atoms with E-state index in [1.54, 1.807) is 0 Å². The normalized spacial score (nSPS) is 23.4. The molecule has 1 saturated carbocycles. The monoisotopic (exact) mass is 264 g/mol. The van der Waals surface area contributed by atoms with Crippen LogP contribution >= 0.6 is 0 Å². The van der Waals surface area contributed by atoms with E-state index in [0.29, 0.717) is 29.9 Å². The standard InChI is InChI=1S/C14H24N4O/c1-14(2)6-3-8-18(9-7-14)13-17-16-12(19-13)10-15-11-4-5-11/h11,15H,3-10H2,1-2H3. The van der Waals surface area contributed by atoms with Gasteiger partial charge in [-0.05, 0) is 37.5 Å². The molecule has 1 N–H and O–H groups in total. The Kier molecular flexibility index (Phi) is 3.48. The van der Waals surface area contributed by atoms with Gasteiger partial charge in [-0.25, -0.2) is 0 Å². The highest BCUT2D eigenvalue weighted by molar-refractivity contribution is 5.24. The summed E-state index contributed by atoms with van der Waals surface area (Å²) in [6, 6.07) is 1.37. The lowest BCUT2D eigenvalue weighted by atomic mass is 9.85. The topological polar surface area (TPSA) is 54.2 Å². The number of hydrogen-bond acceptors (Lipinski definition) is 5. The SMILES string of the molecule is CC1(C)CCCN(c2nnc(CNC3CC3)o2)CC1. The summed E-state index contributed by atoms with van der Waals surface area (Å²) in [4.78, 5) is 2.24. The molecule has 1 aliphatic carbocycles.